The van der Waals surface area contributed by atoms with Gasteiger partial charge in [0.25, 0.3) is 0 Å². The first-order chi connectivity index (χ1) is 8.50. The monoisotopic (exact) mass is 247 g/mol. The van der Waals surface area contributed by atoms with Crippen LogP contribution in [-0.4, -0.2) is 45.5 Å². The van der Waals surface area contributed by atoms with Crippen molar-refractivity contribution in [3.8, 4) is 0 Å². The Balaban J connectivity index is 2.46. The molecule has 1 aromatic heterocycles. The number of benzene rings is 1. The van der Waals surface area contributed by atoms with E-state index in [0.29, 0.717) is 11.0 Å². The fourth-order valence-corrected chi connectivity index (χ4v) is 1.67. The van der Waals surface area contributed by atoms with Gasteiger partial charge in [0.05, 0.1) is 17.4 Å². The second-order valence-corrected chi connectivity index (χ2v) is 4.14. The average molecular weight is 247 g/mol. The zero-order chi connectivity index (χ0) is 13.3. The molecule has 1 aromatic carbocycles. The number of carboxylic acids is 1. The zero-order valence-electron chi connectivity index (χ0n) is 10.1. The van der Waals surface area contributed by atoms with Crippen molar-refractivity contribution >= 4 is 22.9 Å². The average Bonchev–Trinajstić information content (AvgIpc) is 2.72. The summed E-state index contributed by atoms with van der Waals surface area (Å²) in [6.45, 7) is 0.145. The first kappa shape index (κ1) is 12.1. The second-order valence-electron chi connectivity index (χ2n) is 4.14. The van der Waals surface area contributed by atoms with E-state index in [1.165, 1.54) is 17.3 Å². The molecule has 0 fully saturated rings. The van der Waals surface area contributed by atoms with Crippen LogP contribution in [0.4, 0.5) is 0 Å². The summed E-state index contributed by atoms with van der Waals surface area (Å²) in [5.74, 6) is -1.10. The predicted molar refractivity (Wildman–Crippen MR) is 65.4 cm³/mol. The van der Waals surface area contributed by atoms with Gasteiger partial charge in [-0.1, -0.05) is 6.07 Å². The van der Waals surface area contributed by atoms with Gasteiger partial charge in [0.2, 0.25) is 5.91 Å². The predicted octanol–water partition coefficient (Wildman–Crippen LogP) is 0.823. The van der Waals surface area contributed by atoms with Crippen molar-refractivity contribution in [3.63, 3.8) is 0 Å². The minimum absolute atomic E-state index is 0.0740. The molecule has 0 saturated carbocycles. The van der Waals surface area contributed by atoms with Gasteiger partial charge in [0.1, 0.15) is 12.1 Å². The number of para-hydroxylation sites is 1. The van der Waals surface area contributed by atoms with E-state index in [2.05, 4.69) is 4.98 Å². The highest BCUT2D eigenvalue weighted by atomic mass is 16.4. The molecular weight excluding hydrogens is 234 g/mol. The summed E-state index contributed by atoms with van der Waals surface area (Å²) >= 11 is 0. The van der Waals surface area contributed by atoms with E-state index in [-0.39, 0.29) is 18.0 Å². The number of imidazole rings is 1. The van der Waals surface area contributed by atoms with E-state index in [9.17, 15) is 9.59 Å². The molecule has 0 saturated heterocycles. The molecule has 1 amide bonds. The maximum atomic E-state index is 11.6. The normalized spacial score (nSPS) is 10.6. The quantitative estimate of drug-likeness (QED) is 0.871. The van der Waals surface area contributed by atoms with Crippen LogP contribution < -0.4 is 0 Å². The van der Waals surface area contributed by atoms with Crippen molar-refractivity contribution in [2.75, 3.05) is 14.1 Å². The smallest absolute Gasteiger partial charge is 0.337 e. The number of hydrogen-bond donors (Lipinski definition) is 1. The molecule has 0 bridgehead atoms. The van der Waals surface area contributed by atoms with E-state index in [0.717, 1.165) is 0 Å². The maximum Gasteiger partial charge on any atom is 0.337 e. The Hall–Kier alpha value is -2.37. The Morgan fingerprint density at radius 3 is 2.72 bits per heavy atom. The van der Waals surface area contributed by atoms with E-state index in [4.69, 9.17) is 5.11 Å². The molecule has 0 spiro atoms. The number of hydrogen-bond acceptors (Lipinski definition) is 3. The topological polar surface area (TPSA) is 75.4 Å². The summed E-state index contributed by atoms with van der Waals surface area (Å²) in [4.78, 5) is 28.2. The summed E-state index contributed by atoms with van der Waals surface area (Å²) < 4.78 is 1.64. The molecule has 1 N–H and O–H groups in total. The molecule has 18 heavy (non-hydrogen) atoms. The summed E-state index contributed by atoms with van der Waals surface area (Å²) in [5, 5.41) is 9.04. The lowest BCUT2D eigenvalue weighted by Crippen LogP contribution is -2.25. The molecule has 0 radical (unpaired) electrons. The first-order valence-electron chi connectivity index (χ1n) is 5.38. The molecule has 6 nitrogen and oxygen atoms in total. The highest BCUT2D eigenvalue weighted by Crippen LogP contribution is 2.17. The minimum Gasteiger partial charge on any atom is -0.478 e. The lowest BCUT2D eigenvalue weighted by molar-refractivity contribution is -0.129. The van der Waals surface area contributed by atoms with Gasteiger partial charge >= 0.3 is 5.97 Å². The Morgan fingerprint density at radius 2 is 2.11 bits per heavy atom. The number of carboxylic acid groups (broad SMARTS) is 1. The molecule has 6 heteroatoms. The summed E-state index contributed by atoms with van der Waals surface area (Å²) in [6.07, 6.45) is 1.48. The number of aromatic nitrogens is 2. The number of likely N-dealkylation sites (N-methyl/N-ethyl adjacent to an activating group) is 1. The largest absolute Gasteiger partial charge is 0.478 e. The molecule has 2 aromatic rings. The molecule has 0 unspecified atom stereocenters. The van der Waals surface area contributed by atoms with Gasteiger partial charge in [0.15, 0.2) is 0 Å². The highest BCUT2D eigenvalue weighted by Gasteiger charge is 2.14. The third-order valence-corrected chi connectivity index (χ3v) is 2.69. The molecule has 0 aliphatic heterocycles. The number of carbonyl (C=O) groups excluding carboxylic acids is 1. The fraction of sp³-hybridized carbons (Fsp3) is 0.250. The molecular formula is C12H13N3O3. The van der Waals surface area contributed by atoms with Gasteiger partial charge in [-0.25, -0.2) is 9.78 Å². The van der Waals surface area contributed by atoms with Gasteiger partial charge in [-0.15, -0.1) is 0 Å². The number of nitrogens with zero attached hydrogens (tertiary/aromatic N) is 3. The molecule has 2 rings (SSSR count). The van der Waals surface area contributed by atoms with E-state index in [1.54, 1.807) is 30.8 Å². The third kappa shape index (κ3) is 2.04. The van der Waals surface area contributed by atoms with Crippen molar-refractivity contribution in [1.82, 2.24) is 14.5 Å². The van der Waals surface area contributed by atoms with E-state index < -0.39 is 5.97 Å². The fourth-order valence-electron chi connectivity index (χ4n) is 1.67. The molecule has 1 heterocycles. The zero-order valence-corrected chi connectivity index (χ0v) is 10.1. The van der Waals surface area contributed by atoms with Crippen LogP contribution in [0.2, 0.25) is 0 Å². The van der Waals surface area contributed by atoms with E-state index >= 15 is 0 Å². The van der Waals surface area contributed by atoms with Crippen LogP contribution in [0.15, 0.2) is 24.5 Å². The van der Waals surface area contributed by atoms with Gasteiger partial charge in [-0.2, -0.15) is 0 Å². The summed E-state index contributed by atoms with van der Waals surface area (Å²) in [5.41, 5.74) is 1.19. The van der Waals surface area contributed by atoms with Crippen LogP contribution >= 0.6 is 0 Å². The number of amides is 1. The minimum atomic E-state index is -1.02. The summed E-state index contributed by atoms with van der Waals surface area (Å²) in [7, 11) is 3.34. The highest BCUT2D eigenvalue weighted by molar-refractivity contribution is 6.01. The van der Waals surface area contributed by atoms with E-state index in [1.807, 2.05) is 0 Å². The Labute approximate surface area is 103 Å². The number of aromatic carboxylic acids is 1. The van der Waals surface area contributed by atoms with Gasteiger partial charge in [0, 0.05) is 14.1 Å². The Bertz CT molecular complexity index is 616. The van der Waals surface area contributed by atoms with Crippen LogP contribution in [0.3, 0.4) is 0 Å². The first-order valence-corrected chi connectivity index (χ1v) is 5.38. The number of rotatable bonds is 3. The third-order valence-electron chi connectivity index (χ3n) is 2.69. The van der Waals surface area contributed by atoms with Crippen molar-refractivity contribution < 1.29 is 14.7 Å². The standard InChI is InChI=1S/C12H13N3O3/c1-14(2)10(16)6-15-7-13-11-8(12(17)18)4-3-5-9(11)15/h3-5,7H,6H2,1-2H3,(H,17,18). The van der Waals surface area contributed by atoms with Crippen LogP contribution in [0.1, 0.15) is 10.4 Å². The van der Waals surface area contributed by atoms with Crippen molar-refractivity contribution in [3.05, 3.63) is 30.1 Å². The van der Waals surface area contributed by atoms with Crippen LogP contribution in [-0.2, 0) is 11.3 Å². The van der Waals surface area contributed by atoms with Crippen LogP contribution in [0.25, 0.3) is 11.0 Å². The molecule has 94 valence electrons. The molecule has 0 atom stereocenters. The summed E-state index contributed by atoms with van der Waals surface area (Å²) in [6, 6.07) is 4.89. The Kier molecular flexibility index (Phi) is 3.01. The SMILES string of the molecule is CN(C)C(=O)Cn1cnc2c(C(=O)O)cccc21. The lowest BCUT2D eigenvalue weighted by Gasteiger charge is -2.11. The maximum absolute atomic E-state index is 11.6. The van der Waals surface area contributed by atoms with Gasteiger partial charge in [-0.3, -0.25) is 4.79 Å². The number of fused-ring (bicyclic) bond motifs is 1. The molecule has 0 aliphatic rings. The second kappa shape index (κ2) is 4.48. The van der Waals surface area contributed by atoms with Crippen molar-refractivity contribution in [2.45, 2.75) is 6.54 Å². The van der Waals surface area contributed by atoms with Gasteiger partial charge < -0.3 is 14.6 Å². The van der Waals surface area contributed by atoms with Crippen molar-refractivity contribution in [1.29, 1.82) is 0 Å². The van der Waals surface area contributed by atoms with Crippen molar-refractivity contribution in [2.24, 2.45) is 0 Å². The van der Waals surface area contributed by atoms with Crippen LogP contribution in [0, 0.1) is 0 Å². The molecule has 0 aliphatic carbocycles. The lowest BCUT2D eigenvalue weighted by atomic mass is 10.2. The van der Waals surface area contributed by atoms with Gasteiger partial charge in [-0.05, 0) is 12.1 Å². The Morgan fingerprint density at radius 1 is 1.39 bits per heavy atom. The number of carbonyl (C=O) groups is 2. The van der Waals surface area contributed by atoms with Crippen LogP contribution in [0.5, 0.6) is 0 Å².